The van der Waals surface area contributed by atoms with Crippen LogP contribution < -0.4 is 4.74 Å². The average molecular weight is 418 g/mol. The van der Waals surface area contributed by atoms with Crippen LogP contribution >= 0.6 is 0 Å². The second kappa shape index (κ2) is 9.98. The minimum Gasteiger partial charge on any atom is -0.482 e. The predicted molar refractivity (Wildman–Crippen MR) is 119 cm³/mol. The highest BCUT2D eigenvalue weighted by atomic mass is 16.6. The summed E-state index contributed by atoms with van der Waals surface area (Å²) in [7, 11) is 0. The lowest BCUT2D eigenvalue weighted by molar-refractivity contribution is -0.139. The molecular weight excluding hydrogens is 392 g/mol. The lowest BCUT2D eigenvalue weighted by atomic mass is 9.84. The summed E-state index contributed by atoms with van der Waals surface area (Å²) in [6.45, 7) is 0.226. The zero-order valence-corrected chi connectivity index (χ0v) is 17.3. The van der Waals surface area contributed by atoms with Gasteiger partial charge in [0.1, 0.15) is 12.4 Å². The summed E-state index contributed by atoms with van der Waals surface area (Å²) in [5.41, 5.74) is 5.42. The van der Waals surface area contributed by atoms with E-state index in [2.05, 4.69) is 16.2 Å². The van der Waals surface area contributed by atoms with Crippen LogP contribution in [0.1, 0.15) is 28.7 Å². The highest BCUT2D eigenvalue weighted by molar-refractivity contribution is 6.01. The van der Waals surface area contributed by atoms with Crippen LogP contribution in [0.15, 0.2) is 72.1 Å². The molecule has 0 saturated heterocycles. The van der Waals surface area contributed by atoms with E-state index in [9.17, 15) is 4.79 Å². The smallest absolute Gasteiger partial charge is 0.341 e. The second-order valence-corrected chi connectivity index (χ2v) is 7.78. The number of hydrogen-bond acceptors (Lipinski definition) is 4. The molecule has 160 valence electrons. The van der Waals surface area contributed by atoms with E-state index in [0.717, 1.165) is 41.7 Å². The van der Waals surface area contributed by atoms with Gasteiger partial charge in [-0.3, -0.25) is 0 Å². The molecule has 0 fully saturated rings. The summed E-state index contributed by atoms with van der Waals surface area (Å²) < 4.78 is 5.46. The number of rotatable bonds is 9. The van der Waals surface area contributed by atoms with E-state index in [1.54, 1.807) is 0 Å². The first-order valence-corrected chi connectivity index (χ1v) is 10.5. The van der Waals surface area contributed by atoms with Gasteiger partial charge in [-0.25, -0.2) is 4.79 Å². The molecule has 3 aromatic rings. The molecule has 0 radical (unpaired) electrons. The first kappa shape index (κ1) is 20.7. The number of aromatic amines is 1. The number of aromatic nitrogens is 1. The second-order valence-electron chi connectivity index (χ2n) is 7.78. The number of H-pyrrole nitrogens is 1. The molecule has 1 aliphatic carbocycles. The van der Waals surface area contributed by atoms with Gasteiger partial charge < -0.3 is 19.7 Å². The van der Waals surface area contributed by atoms with Gasteiger partial charge in [0.2, 0.25) is 0 Å². The Bertz CT molecular complexity index is 1030. The van der Waals surface area contributed by atoms with Crippen LogP contribution in [0.25, 0.3) is 0 Å². The number of carboxylic acids is 1. The largest absolute Gasteiger partial charge is 0.482 e. The molecule has 2 N–H and O–H groups in total. The van der Waals surface area contributed by atoms with Crippen molar-refractivity contribution in [3.8, 4) is 5.75 Å². The maximum Gasteiger partial charge on any atom is 0.341 e. The number of hydrogen-bond donors (Lipinski definition) is 2. The number of nitrogens with zero attached hydrogens (tertiary/aromatic N) is 1. The van der Waals surface area contributed by atoms with Crippen LogP contribution in [-0.2, 0) is 28.9 Å². The van der Waals surface area contributed by atoms with E-state index in [4.69, 9.17) is 14.7 Å². The minimum absolute atomic E-state index is 0.318. The Morgan fingerprint density at radius 1 is 1.13 bits per heavy atom. The van der Waals surface area contributed by atoms with Gasteiger partial charge in [0, 0.05) is 24.7 Å². The van der Waals surface area contributed by atoms with Crippen molar-refractivity contribution in [1.29, 1.82) is 0 Å². The SMILES string of the molecule is O=C(O)COc1cccc2c1CCC(CO/N=C(\Cc1cc[nH]c1)c1ccccc1)C2. The number of carboxylic acid groups (broad SMARTS) is 1. The summed E-state index contributed by atoms with van der Waals surface area (Å²) >= 11 is 0. The zero-order chi connectivity index (χ0) is 21.5. The van der Waals surface area contributed by atoms with Gasteiger partial charge in [0.15, 0.2) is 6.61 Å². The number of nitrogens with one attached hydrogen (secondary N) is 1. The van der Waals surface area contributed by atoms with E-state index in [0.29, 0.717) is 24.7 Å². The summed E-state index contributed by atoms with van der Waals surface area (Å²) in [5, 5.41) is 13.4. The fraction of sp³-hybridized carbons (Fsp3) is 0.280. The third-order valence-electron chi connectivity index (χ3n) is 5.52. The molecule has 1 unspecified atom stereocenters. The number of benzene rings is 2. The maximum absolute atomic E-state index is 10.8. The van der Waals surface area contributed by atoms with E-state index in [-0.39, 0.29) is 6.61 Å². The van der Waals surface area contributed by atoms with Gasteiger partial charge in [-0.15, -0.1) is 0 Å². The maximum atomic E-state index is 10.8. The molecule has 4 rings (SSSR count). The molecule has 1 heterocycles. The summed E-state index contributed by atoms with van der Waals surface area (Å²) in [4.78, 5) is 19.7. The van der Waals surface area contributed by atoms with Crippen molar-refractivity contribution in [2.24, 2.45) is 11.1 Å². The van der Waals surface area contributed by atoms with Crippen molar-refractivity contribution in [3.63, 3.8) is 0 Å². The van der Waals surface area contributed by atoms with Crippen LogP contribution in [0.2, 0.25) is 0 Å². The highest BCUT2D eigenvalue weighted by Gasteiger charge is 2.22. The van der Waals surface area contributed by atoms with Gasteiger partial charge in [-0.05, 0) is 53.6 Å². The van der Waals surface area contributed by atoms with Crippen LogP contribution in [0.4, 0.5) is 0 Å². The fourth-order valence-electron chi connectivity index (χ4n) is 3.96. The minimum atomic E-state index is -0.966. The topological polar surface area (TPSA) is 83.9 Å². The Morgan fingerprint density at radius 2 is 2.00 bits per heavy atom. The van der Waals surface area contributed by atoms with Crippen LogP contribution in [0.3, 0.4) is 0 Å². The Labute approximate surface area is 181 Å². The lowest BCUT2D eigenvalue weighted by Crippen LogP contribution is -2.20. The van der Waals surface area contributed by atoms with Crippen molar-refractivity contribution in [3.05, 3.63) is 89.2 Å². The quantitative estimate of drug-likeness (QED) is 0.402. The van der Waals surface area contributed by atoms with Crippen molar-refractivity contribution in [2.45, 2.75) is 25.7 Å². The number of oxime groups is 1. The van der Waals surface area contributed by atoms with Gasteiger partial charge in [0.25, 0.3) is 0 Å². The Morgan fingerprint density at radius 3 is 2.77 bits per heavy atom. The van der Waals surface area contributed by atoms with Crippen LogP contribution in [0.5, 0.6) is 5.75 Å². The number of carbonyl (C=O) groups is 1. The van der Waals surface area contributed by atoms with Crippen molar-refractivity contribution < 1.29 is 19.5 Å². The van der Waals surface area contributed by atoms with Crippen LogP contribution in [-0.4, -0.2) is 35.0 Å². The van der Waals surface area contributed by atoms with Crippen molar-refractivity contribution in [1.82, 2.24) is 4.98 Å². The Balaban J connectivity index is 1.40. The van der Waals surface area contributed by atoms with Crippen molar-refractivity contribution >= 4 is 11.7 Å². The molecule has 2 aromatic carbocycles. The molecule has 0 bridgehead atoms. The van der Waals surface area contributed by atoms with Crippen LogP contribution in [0, 0.1) is 5.92 Å². The molecule has 1 aliphatic rings. The third kappa shape index (κ3) is 5.54. The normalized spacial score (nSPS) is 15.9. The van der Waals surface area contributed by atoms with E-state index in [1.165, 1.54) is 5.56 Å². The highest BCUT2D eigenvalue weighted by Crippen LogP contribution is 2.32. The average Bonchev–Trinajstić information content (AvgIpc) is 3.30. The van der Waals surface area contributed by atoms with Gasteiger partial charge in [-0.1, -0.05) is 47.6 Å². The zero-order valence-electron chi connectivity index (χ0n) is 17.3. The summed E-state index contributed by atoms with van der Waals surface area (Å²) in [5.74, 6) is 0.0665. The van der Waals surface area contributed by atoms with Gasteiger partial charge >= 0.3 is 5.97 Å². The summed E-state index contributed by atoms with van der Waals surface area (Å²) in [6, 6.07) is 18.0. The molecule has 0 aliphatic heterocycles. The van der Waals surface area contributed by atoms with E-state index >= 15 is 0 Å². The molecule has 1 aromatic heterocycles. The summed E-state index contributed by atoms with van der Waals surface area (Å²) in [6.07, 6.45) is 7.25. The number of ether oxygens (including phenoxy) is 1. The molecule has 1 atom stereocenters. The Kier molecular flexibility index (Phi) is 6.67. The third-order valence-corrected chi connectivity index (χ3v) is 5.52. The first-order chi connectivity index (χ1) is 15.2. The molecule has 31 heavy (non-hydrogen) atoms. The molecule has 0 saturated carbocycles. The lowest BCUT2D eigenvalue weighted by Gasteiger charge is -2.25. The molecule has 6 heteroatoms. The Hall–Kier alpha value is -3.54. The first-order valence-electron chi connectivity index (χ1n) is 10.5. The molecule has 6 nitrogen and oxygen atoms in total. The monoisotopic (exact) mass is 418 g/mol. The van der Waals surface area contributed by atoms with E-state index in [1.807, 2.05) is 60.9 Å². The molecule has 0 amide bonds. The molecule has 0 spiro atoms. The predicted octanol–water partition coefficient (Wildman–Crippen LogP) is 4.25. The standard InChI is InChI=1S/C25H26N2O4/c28-25(29)17-30-24-8-4-7-21-13-19(9-10-22(21)24)16-31-27-23(14-18-11-12-26-15-18)20-5-2-1-3-6-20/h1-8,11-12,15,19,26H,9-10,13-14,16-17H2,(H,28,29)/b27-23+. The van der Waals surface area contributed by atoms with E-state index < -0.39 is 5.97 Å². The fourth-order valence-corrected chi connectivity index (χ4v) is 3.96. The number of aliphatic carboxylic acids is 1. The number of fused-ring (bicyclic) bond motifs is 1. The molecular formula is C25H26N2O4. The van der Waals surface area contributed by atoms with Crippen molar-refractivity contribution in [2.75, 3.05) is 13.2 Å². The van der Waals surface area contributed by atoms with Gasteiger partial charge in [0.05, 0.1) is 5.71 Å². The van der Waals surface area contributed by atoms with Gasteiger partial charge in [-0.2, -0.15) is 0 Å².